The Morgan fingerprint density at radius 3 is 2.66 bits per heavy atom. The Balaban J connectivity index is 1.52. The van der Waals surface area contributed by atoms with Crippen LogP contribution in [-0.2, 0) is 15.7 Å². The maximum atomic E-state index is 13.9. The van der Waals surface area contributed by atoms with E-state index in [1.165, 1.54) is 18.5 Å². The summed E-state index contributed by atoms with van der Waals surface area (Å²) in [5.41, 5.74) is 3.46. The van der Waals surface area contributed by atoms with Gasteiger partial charge in [0, 0.05) is 6.20 Å². The fourth-order valence-corrected chi connectivity index (χ4v) is 3.81. The van der Waals surface area contributed by atoms with E-state index in [2.05, 4.69) is 25.5 Å². The van der Waals surface area contributed by atoms with Crippen LogP contribution in [0.4, 0.5) is 33.2 Å². The van der Waals surface area contributed by atoms with Gasteiger partial charge in [-0.25, -0.2) is 23.9 Å². The molecule has 0 aliphatic heterocycles. The number of amides is 3. The summed E-state index contributed by atoms with van der Waals surface area (Å²) in [5.74, 6) is -3.07. The van der Waals surface area contributed by atoms with E-state index in [4.69, 9.17) is 10.5 Å². The number of aromatic nitrogens is 4. The number of aromatic amines is 1. The summed E-state index contributed by atoms with van der Waals surface area (Å²) in [6, 6.07) is 1.84. The molecule has 4 aromatic rings. The van der Waals surface area contributed by atoms with Crippen molar-refractivity contribution in [2.45, 2.75) is 12.3 Å². The number of hydrogen-bond donors (Lipinski definition) is 5. The minimum Gasteiger partial charge on any atom is -0.459 e. The average molecular weight is 553 g/mol. The lowest BCUT2D eigenvalue weighted by Crippen LogP contribution is -2.33. The molecule has 198 valence electrons. The van der Waals surface area contributed by atoms with Crippen molar-refractivity contribution in [1.82, 2.24) is 20.2 Å². The summed E-state index contributed by atoms with van der Waals surface area (Å²) >= 11 is 0.883. The molecule has 0 spiro atoms. The maximum Gasteiger partial charge on any atom is 0.416 e. The summed E-state index contributed by atoms with van der Waals surface area (Å²) in [7, 11) is 0. The number of fused-ring (bicyclic) bond motifs is 1. The number of carbonyl (C=O) groups excluding carboxylic acids is 3. The Morgan fingerprint density at radius 2 is 1.95 bits per heavy atom. The van der Waals surface area contributed by atoms with Crippen LogP contribution in [0.2, 0.25) is 0 Å². The lowest BCUT2D eigenvalue weighted by Gasteiger charge is -2.11. The molecule has 3 aromatic heterocycles. The quantitative estimate of drug-likeness (QED) is 0.171. The number of nitrogens with one attached hydrogen (secondary N) is 3. The number of aliphatic hydroxyl groups is 1. The molecule has 1 aromatic carbocycles. The monoisotopic (exact) mass is 553 g/mol. The molecule has 12 nitrogen and oxygen atoms in total. The summed E-state index contributed by atoms with van der Waals surface area (Å²) in [4.78, 5) is 44.4. The van der Waals surface area contributed by atoms with E-state index in [1.807, 2.05) is 5.32 Å². The van der Waals surface area contributed by atoms with Gasteiger partial charge in [0.2, 0.25) is 5.91 Å². The maximum absolute atomic E-state index is 13.9. The van der Waals surface area contributed by atoms with Crippen molar-refractivity contribution >= 4 is 51.1 Å². The lowest BCUT2D eigenvalue weighted by molar-refractivity contribution is -0.137. The Kier molecular flexibility index (Phi) is 7.22. The van der Waals surface area contributed by atoms with Gasteiger partial charge in [-0.3, -0.25) is 15.2 Å². The van der Waals surface area contributed by atoms with Gasteiger partial charge in [-0.15, -0.1) is 0 Å². The first-order chi connectivity index (χ1) is 17.9. The zero-order valence-electron chi connectivity index (χ0n) is 18.7. The molecule has 0 radical (unpaired) electrons. The molecule has 4 rings (SSSR count). The molecule has 1 atom stereocenters. The molecule has 0 aliphatic rings. The highest BCUT2D eigenvalue weighted by Gasteiger charge is 2.31. The number of benzene rings is 1. The number of ether oxygens (including phenoxy) is 1. The molecular weight excluding hydrogens is 538 g/mol. The van der Waals surface area contributed by atoms with Crippen LogP contribution >= 0.6 is 11.3 Å². The molecule has 0 bridgehead atoms. The first-order valence-electron chi connectivity index (χ1n) is 10.3. The number of pyridine rings is 1. The minimum atomic E-state index is -4.74. The topological polar surface area (TPSA) is 185 Å². The Morgan fingerprint density at radius 1 is 1.18 bits per heavy atom. The Bertz CT molecular complexity index is 1540. The number of aliphatic hydroxyl groups excluding tert-OH is 1. The number of nitrogens with two attached hydrogens (primary N) is 1. The number of hydrogen-bond acceptors (Lipinski definition) is 9. The fraction of sp³-hybridized carbons (Fsp3) is 0.143. The normalized spacial score (nSPS) is 12.2. The van der Waals surface area contributed by atoms with Crippen molar-refractivity contribution in [2.24, 2.45) is 5.73 Å². The second-order valence-electron chi connectivity index (χ2n) is 7.51. The van der Waals surface area contributed by atoms with Crippen molar-refractivity contribution in [1.29, 1.82) is 0 Å². The molecule has 3 heterocycles. The molecule has 0 saturated carbocycles. The molecule has 38 heavy (non-hydrogen) atoms. The highest BCUT2D eigenvalue weighted by molar-refractivity contribution is 7.19. The lowest BCUT2D eigenvalue weighted by atomic mass is 10.1. The van der Waals surface area contributed by atoms with E-state index >= 15 is 0 Å². The number of urea groups is 1. The average Bonchev–Trinajstić information content (AvgIpc) is 3.51. The summed E-state index contributed by atoms with van der Waals surface area (Å²) < 4.78 is 57.5. The van der Waals surface area contributed by atoms with Crippen LogP contribution in [0.1, 0.15) is 15.9 Å². The predicted octanol–water partition coefficient (Wildman–Crippen LogP) is 2.89. The van der Waals surface area contributed by atoms with Gasteiger partial charge < -0.3 is 20.9 Å². The van der Waals surface area contributed by atoms with Crippen LogP contribution in [0, 0.1) is 5.82 Å². The summed E-state index contributed by atoms with van der Waals surface area (Å²) in [5, 5.41) is 20.4. The predicted molar refractivity (Wildman–Crippen MR) is 125 cm³/mol. The number of nitrogens with zero attached hydrogens (tertiary/aromatic N) is 3. The Hall–Kier alpha value is -4.64. The fourth-order valence-electron chi connectivity index (χ4n) is 3.04. The van der Waals surface area contributed by atoms with Crippen molar-refractivity contribution in [2.75, 3.05) is 17.2 Å². The van der Waals surface area contributed by atoms with Crippen molar-refractivity contribution in [3.05, 3.63) is 53.6 Å². The van der Waals surface area contributed by atoms with E-state index in [1.54, 1.807) is 0 Å². The van der Waals surface area contributed by atoms with Crippen LogP contribution in [0.5, 0.6) is 0 Å². The minimum absolute atomic E-state index is 0.0175. The third kappa shape index (κ3) is 5.84. The first kappa shape index (κ1) is 26.4. The van der Waals surface area contributed by atoms with Crippen molar-refractivity contribution < 1.29 is 41.8 Å². The first-order valence-corrected chi connectivity index (χ1v) is 11.1. The number of thiazole rings is 1. The number of rotatable bonds is 7. The second-order valence-corrected chi connectivity index (χ2v) is 8.54. The van der Waals surface area contributed by atoms with Gasteiger partial charge >= 0.3 is 18.2 Å². The van der Waals surface area contributed by atoms with Gasteiger partial charge in [0.25, 0.3) is 0 Å². The molecule has 6 N–H and O–H groups in total. The van der Waals surface area contributed by atoms with Gasteiger partial charge in [-0.05, 0) is 24.3 Å². The van der Waals surface area contributed by atoms with Gasteiger partial charge in [-0.1, -0.05) is 11.3 Å². The van der Waals surface area contributed by atoms with E-state index < -0.39 is 53.9 Å². The van der Waals surface area contributed by atoms with Gasteiger partial charge in [0.15, 0.2) is 16.9 Å². The van der Waals surface area contributed by atoms with Crippen LogP contribution in [0.3, 0.4) is 0 Å². The molecule has 0 saturated heterocycles. The number of alkyl halides is 3. The SMILES string of the molecule is NC(=O)C(O)COC(=O)c1cc(-c2cnc(NC(=O)Nc3cc(C(F)(F)F)ccc3F)s2)nc2[nH]ncc12. The molecule has 17 heteroatoms. The second kappa shape index (κ2) is 10.4. The molecule has 3 amide bonds. The molecule has 0 fully saturated rings. The smallest absolute Gasteiger partial charge is 0.416 e. The number of carbonyl (C=O) groups is 3. The number of esters is 1. The third-order valence-electron chi connectivity index (χ3n) is 4.86. The van der Waals surface area contributed by atoms with Gasteiger partial charge in [0.1, 0.15) is 12.4 Å². The number of anilines is 2. The largest absolute Gasteiger partial charge is 0.459 e. The standard InChI is InChI=1S/C21H15F4N7O5S/c22-11-2-1-8(21(23,24)25)3-12(11)30-19(36)31-20-27-6-15(38-20)13-4-9(10-5-28-32-17(10)29-13)18(35)37-7-14(33)16(26)34/h1-6,14,33H,7H2,(H2,26,34)(H,28,29,32)(H2,27,30,31,36). The van der Waals surface area contributed by atoms with E-state index in [0.29, 0.717) is 23.1 Å². The highest BCUT2D eigenvalue weighted by atomic mass is 32.1. The van der Waals surface area contributed by atoms with E-state index in [0.717, 1.165) is 11.3 Å². The van der Waals surface area contributed by atoms with Crippen molar-refractivity contribution in [3.63, 3.8) is 0 Å². The van der Waals surface area contributed by atoms with Crippen LogP contribution < -0.4 is 16.4 Å². The van der Waals surface area contributed by atoms with Crippen LogP contribution in [0.25, 0.3) is 21.6 Å². The summed E-state index contributed by atoms with van der Waals surface area (Å²) in [6.45, 7) is -0.679. The highest BCUT2D eigenvalue weighted by Crippen LogP contribution is 2.33. The molecular formula is C21H15F4N7O5S. The van der Waals surface area contributed by atoms with Gasteiger partial charge in [0.05, 0.1) is 39.0 Å². The number of H-pyrrole nitrogens is 1. The number of halogens is 4. The van der Waals surface area contributed by atoms with Crippen LogP contribution in [-0.4, -0.2) is 55.9 Å². The number of primary amides is 1. The van der Waals surface area contributed by atoms with E-state index in [9.17, 15) is 37.1 Å². The van der Waals surface area contributed by atoms with Gasteiger partial charge in [-0.2, -0.15) is 18.3 Å². The molecule has 1 unspecified atom stereocenters. The zero-order chi connectivity index (χ0) is 27.6. The van der Waals surface area contributed by atoms with E-state index in [-0.39, 0.29) is 27.4 Å². The zero-order valence-corrected chi connectivity index (χ0v) is 19.5. The third-order valence-corrected chi connectivity index (χ3v) is 5.80. The van der Waals surface area contributed by atoms with Crippen LogP contribution in [0.15, 0.2) is 36.7 Å². The summed E-state index contributed by atoms with van der Waals surface area (Å²) in [6.07, 6.45) is -3.84. The Labute approximate surface area is 212 Å². The van der Waals surface area contributed by atoms with Crippen molar-refractivity contribution in [3.8, 4) is 10.6 Å². The molecule has 0 aliphatic carbocycles.